The molecule has 42 heavy (non-hydrogen) atoms. The Morgan fingerprint density at radius 3 is 2.05 bits per heavy atom. The number of nitrogens with one attached hydrogen (secondary N) is 6. The van der Waals surface area contributed by atoms with Gasteiger partial charge in [-0.2, -0.15) is 0 Å². The van der Waals surface area contributed by atoms with Crippen LogP contribution in [-0.4, -0.2) is 101 Å². The number of carboxylic acid groups (broad SMARTS) is 1. The van der Waals surface area contributed by atoms with E-state index in [1.807, 2.05) is 6.92 Å². The van der Waals surface area contributed by atoms with Crippen molar-refractivity contribution >= 4 is 47.2 Å². The van der Waals surface area contributed by atoms with Crippen LogP contribution >= 0.6 is 0 Å². The number of hydrogen-bond acceptors (Lipinski definition) is 9. The number of carboxylic acids is 1. The minimum absolute atomic E-state index is 0.212. The summed E-state index contributed by atoms with van der Waals surface area (Å²) in [7, 11) is 0. The maximum Gasteiger partial charge on any atom is 0.305 e. The quantitative estimate of drug-likeness (QED) is 0.0792. The van der Waals surface area contributed by atoms with E-state index in [-0.39, 0.29) is 24.8 Å². The van der Waals surface area contributed by atoms with Crippen LogP contribution in [-0.2, 0) is 38.4 Å². The molecule has 0 aromatic heterocycles. The minimum Gasteiger partial charge on any atom is -0.481 e. The Hall–Kier alpha value is -4.08. The summed E-state index contributed by atoms with van der Waals surface area (Å²) in [5, 5.41) is 33.3. The maximum absolute atomic E-state index is 13.0. The average molecular weight is 599 g/mol. The fraction of sp³-hybridized carbons (Fsp3) is 0.692. The zero-order chi connectivity index (χ0) is 32.1. The second-order valence-corrected chi connectivity index (χ2v) is 10.4. The molecular formula is C26H42N6O10. The molecule has 1 unspecified atom stereocenters. The lowest BCUT2D eigenvalue weighted by molar-refractivity contribution is -0.141. The number of rotatable bonds is 17. The highest BCUT2D eigenvalue weighted by molar-refractivity contribution is 6.38. The van der Waals surface area contributed by atoms with Crippen LogP contribution in [0.25, 0.3) is 0 Å². The van der Waals surface area contributed by atoms with Gasteiger partial charge < -0.3 is 42.1 Å². The summed E-state index contributed by atoms with van der Waals surface area (Å²) in [6.45, 7) is 7.30. The van der Waals surface area contributed by atoms with Crippen molar-refractivity contribution in [1.82, 2.24) is 31.9 Å². The summed E-state index contributed by atoms with van der Waals surface area (Å²) in [5.41, 5.74) is 0. The molecule has 8 N–H and O–H groups in total. The number of ketones is 1. The van der Waals surface area contributed by atoms with Gasteiger partial charge in [0.15, 0.2) is 0 Å². The lowest BCUT2D eigenvalue weighted by Gasteiger charge is -2.28. The van der Waals surface area contributed by atoms with E-state index in [4.69, 9.17) is 5.11 Å². The molecule has 0 aromatic rings. The van der Waals surface area contributed by atoms with E-state index in [9.17, 15) is 43.5 Å². The van der Waals surface area contributed by atoms with E-state index in [0.29, 0.717) is 19.4 Å². The molecular weight excluding hydrogens is 556 g/mol. The molecule has 16 heteroatoms. The molecule has 0 spiro atoms. The Balaban J connectivity index is 2.98. The minimum atomic E-state index is -1.51. The largest absolute Gasteiger partial charge is 0.481 e. The molecule has 0 aliphatic carbocycles. The van der Waals surface area contributed by atoms with Gasteiger partial charge in [0, 0.05) is 25.9 Å². The van der Waals surface area contributed by atoms with Crippen LogP contribution < -0.4 is 31.9 Å². The van der Waals surface area contributed by atoms with Crippen molar-refractivity contribution in [3.05, 3.63) is 0 Å². The Labute approximate surface area is 243 Å². The van der Waals surface area contributed by atoms with Gasteiger partial charge in [-0.3, -0.25) is 38.4 Å². The first-order valence-corrected chi connectivity index (χ1v) is 13.8. The summed E-state index contributed by atoms with van der Waals surface area (Å²) >= 11 is 0. The normalized spacial score (nSPS) is 18.6. The number of hydrogen-bond donors (Lipinski definition) is 8. The molecule has 7 atom stereocenters. The number of carbonyl (C=O) groups is 8. The fourth-order valence-electron chi connectivity index (χ4n) is 4.15. The zero-order valence-electron chi connectivity index (χ0n) is 24.4. The molecule has 1 rings (SSSR count). The summed E-state index contributed by atoms with van der Waals surface area (Å²) in [6.07, 6.45) is -1.16. The van der Waals surface area contributed by atoms with E-state index < -0.39 is 83.9 Å². The molecule has 0 radical (unpaired) electrons. The van der Waals surface area contributed by atoms with Crippen LogP contribution in [0.3, 0.4) is 0 Å². The number of aliphatic hydroxyl groups is 1. The average Bonchev–Trinajstić information content (AvgIpc) is 3.31. The van der Waals surface area contributed by atoms with Crippen LogP contribution in [0.2, 0.25) is 0 Å². The summed E-state index contributed by atoms with van der Waals surface area (Å²) in [5.74, 6) is -7.79. The van der Waals surface area contributed by atoms with E-state index in [1.165, 1.54) is 20.8 Å². The van der Waals surface area contributed by atoms with Gasteiger partial charge in [0.1, 0.15) is 18.1 Å². The second-order valence-electron chi connectivity index (χ2n) is 10.4. The molecule has 1 aliphatic rings. The monoisotopic (exact) mass is 598 g/mol. The van der Waals surface area contributed by atoms with Gasteiger partial charge in [-0.1, -0.05) is 20.3 Å². The fourth-order valence-corrected chi connectivity index (χ4v) is 4.15. The van der Waals surface area contributed by atoms with Crippen molar-refractivity contribution in [2.75, 3.05) is 13.1 Å². The van der Waals surface area contributed by atoms with Gasteiger partial charge >= 0.3 is 5.97 Å². The standard InChI is InChI=1S/C26H42N6O10/c1-6-12(2)19(30-15(5)34)24(40)32-20(14(4)33)25(41)29-13(3)22(38)31-17(11-16-7-9-27-23(16)39)21(37)26(42)28-10-8-18(35)36/h12-14,16-17,19-20,33H,6-11H2,1-5H3,(H,27,39)(H,28,42)(H,29,41)(H,30,34)(H,31,38)(H,32,40)(H,35,36)/t12-,13+,14-,16+,17?,19+,20+/m1/s1. The van der Waals surface area contributed by atoms with Gasteiger partial charge in [-0.25, -0.2) is 0 Å². The topological polar surface area (TPSA) is 249 Å². The van der Waals surface area contributed by atoms with Crippen molar-refractivity contribution in [1.29, 1.82) is 0 Å². The first kappa shape index (κ1) is 35.9. The lowest BCUT2D eigenvalue weighted by atomic mass is 9.95. The predicted octanol–water partition coefficient (Wildman–Crippen LogP) is -2.92. The Morgan fingerprint density at radius 1 is 0.929 bits per heavy atom. The molecule has 1 aliphatic heterocycles. The molecule has 1 fully saturated rings. The van der Waals surface area contributed by atoms with Gasteiger partial charge in [0.25, 0.3) is 5.91 Å². The van der Waals surface area contributed by atoms with E-state index >= 15 is 0 Å². The molecule has 0 aromatic carbocycles. The molecule has 236 valence electrons. The summed E-state index contributed by atoms with van der Waals surface area (Å²) < 4.78 is 0. The van der Waals surface area contributed by atoms with Crippen molar-refractivity contribution < 1.29 is 48.6 Å². The van der Waals surface area contributed by atoms with Gasteiger partial charge in [0.05, 0.1) is 18.6 Å². The van der Waals surface area contributed by atoms with Crippen molar-refractivity contribution in [2.45, 2.75) is 90.6 Å². The molecule has 1 saturated heterocycles. The van der Waals surface area contributed by atoms with Crippen LogP contribution in [0.4, 0.5) is 0 Å². The van der Waals surface area contributed by atoms with Gasteiger partial charge in [-0.05, 0) is 32.6 Å². The number of aliphatic carboxylic acids is 1. The molecule has 1 heterocycles. The van der Waals surface area contributed by atoms with E-state index in [1.54, 1.807) is 6.92 Å². The van der Waals surface area contributed by atoms with Crippen molar-refractivity contribution in [2.24, 2.45) is 11.8 Å². The molecule has 0 bridgehead atoms. The maximum atomic E-state index is 13.0. The predicted molar refractivity (Wildman–Crippen MR) is 146 cm³/mol. The Bertz CT molecular complexity index is 1050. The van der Waals surface area contributed by atoms with Crippen LogP contribution in [0.15, 0.2) is 0 Å². The van der Waals surface area contributed by atoms with E-state index in [2.05, 4.69) is 31.9 Å². The smallest absolute Gasteiger partial charge is 0.305 e. The third kappa shape index (κ3) is 11.4. The number of amides is 6. The van der Waals surface area contributed by atoms with Gasteiger partial charge in [-0.15, -0.1) is 0 Å². The van der Waals surface area contributed by atoms with Gasteiger partial charge in [0.2, 0.25) is 35.3 Å². The Morgan fingerprint density at radius 2 is 1.55 bits per heavy atom. The van der Waals surface area contributed by atoms with Crippen LogP contribution in [0.1, 0.15) is 60.3 Å². The first-order chi connectivity index (χ1) is 19.6. The SMILES string of the molecule is CC[C@@H](C)[C@H](NC(C)=O)C(=O)N[C@H](C(=O)N[C@@H](C)C(=O)NC(C[C@@H]1CCNC1=O)C(=O)C(=O)NCCC(=O)O)[C@@H](C)O. The summed E-state index contributed by atoms with van der Waals surface area (Å²) in [6, 6.07) is -5.27. The van der Waals surface area contributed by atoms with E-state index in [0.717, 1.165) is 0 Å². The zero-order valence-corrected chi connectivity index (χ0v) is 24.4. The highest BCUT2D eigenvalue weighted by atomic mass is 16.4. The molecule has 0 saturated carbocycles. The van der Waals surface area contributed by atoms with Crippen LogP contribution in [0.5, 0.6) is 0 Å². The number of carbonyl (C=O) groups excluding carboxylic acids is 7. The Kier molecular flexibility index (Phi) is 14.6. The first-order valence-electron chi connectivity index (χ1n) is 13.8. The highest BCUT2D eigenvalue weighted by Gasteiger charge is 2.36. The molecule has 6 amide bonds. The van der Waals surface area contributed by atoms with Crippen molar-refractivity contribution in [3.63, 3.8) is 0 Å². The second kappa shape index (κ2) is 17.0. The highest BCUT2D eigenvalue weighted by Crippen LogP contribution is 2.17. The third-order valence-corrected chi connectivity index (χ3v) is 6.83. The number of aliphatic hydroxyl groups excluding tert-OH is 1. The van der Waals surface area contributed by atoms with Crippen molar-refractivity contribution in [3.8, 4) is 0 Å². The number of Topliss-reactive ketones (excluding diaryl/α,β-unsaturated/α-hetero) is 1. The lowest BCUT2D eigenvalue weighted by Crippen LogP contribution is -2.60. The molecule has 16 nitrogen and oxygen atoms in total. The van der Waals surface area contributed by atoms with Crippen LogP contribution in [0, 0.1) is 11.8 Å². The third-order valence-electron chi connectivity index (χ3n) is 6.83. The summed E-state index contributed by atoms with van der Waals surface area (Å²) in [4.78, 5) is 98.3.